The number of likely N-dealkylation sites (tertiary alicyclic amines) is 1. The molecular weight excluding hydrogens is 581 g/mol. The summed E-state index contributed by atoms with van der Waals surface area (Å²) in [5, 5.41) is 35.9. The largest absolute Gasteiger partial charge is 0.496 e. The number of halogens is 2. The van der Waals surface area contributed by atoms with Gasteiger partial charge in [-0.3, -0.25) is 4.79 Å². The van der Waals surface area contributed by atoms with Crippen LogP contribution in [0.2, 0.25) is 5.02 Å². The van der Waals surface area contributed by atoms with Crippen molar-refractivity contribution in [1.82, 2.24) is 10.2 Å². The Labute approximate surface area is 246 Å². The molecule has 2 unspecified atom stereocenters. The third kappa shape index (κ3) is 10.3. The van der Waals surface area contributed by atoms with Crippen molar-refractivity contribution < 1.29 is 53.4 Å². The molecule has 42 heavy (non-hydrogen) atoms. The van der Waals surface area contributed by atoms with Crippen molar-refractivity contribution in [3.63, 3.8) is 0 Å². The van der Waals surface area contributed by atoms with E-state index in [-0.39, 0.29) is 23.9 Å². The van der Waals surface area contributed by atoms with Crippen LogP contribution in [0.15, 0.2) is 36.4 Å². The van der Waals surface area contributed by atoms with Gasteiger partial charge in [0.05, 0.1) is 42.1 Å². The number of ether oxygens (including phenoxy) is 3. The minimum Gasteiger partial charge on any atom is -0.496 e. The van der Waals surface area contributed by atoms with E-state index in [1.54, 1.807) is 25.3 Å². The Morgan fingerprint density at radius 3 is 2.29 bits per heavy atom. The smallest absolute Gasteiger partial charge is 0.335 e. The predicted molar refractivity (Wildman–Crippen MR) is 149 cm³/mol. The molecule has 0 saturated carbocycles. The Morgan fingerprint density at radius 2 is 1.74 bits per heavy atom. The first-order valence-corrected chi connectivity index (χ1v) is 13.1. The molecule has 0 bridgehead atoms. The number of nitrogens with two attached hydrogens (primary N) is 1. The summed E-state index contributed by atoms with van der Waals surface area (Å²) in [5.74, 6) is -3.07. The van der Waals surface area contributed by atoms with E-state index in [2.05, 4.69) is 10.2 Å². The van der Waals surface area contributed by atoms with Gasteiger partial charge in [-0.25, -0.2) is 14.0 Å². The molecule has 15 heteroatoms. The Bertz CT molecular complexity index is 1190. The van der Waals surface area contributed by atoms with Crippen molar-refractivity contribution in [3.05, 3.63) is 52.8 Å². The number of hydrogen-bond acceptors (Lipinski definition) is 10. The van der Waals surface area contributed by atoms with E-state index < -0.39 is 24.1 Å². The number of piperidine rings is 1. The zero-order valence-corrected chi connectivity index (χ0v) is 23.8. The lowest BCUT2D eigenvalue weighted by Gasteiger charge is -2.38. The van der Waals surface area contributed by atoms with Crippen LogP contribution in [0.5, 0.6) is 11.5 Å². The SMILES string of the molecule is COc1cc(N)c(Cl)cc1C(=O)NC1CCN(CCCOc2ccc(F)cc2)CC1OC.O=C(O)[C@H](O)[C@@H](O)C(=O)O. The number of carboxylic acids is 2. The summed E-state index contributed by atoms with van der Waals surface area (Å²) in [6, 6.07) is 8.92. The second-order valence-corrected chi connectivity index (χ2v) is 9.65. The van der Waals surface area contributed by atoms with Crippen LogP contribution in [-0.2, 0) is 14.3 Å². The number of carboxylic acid groups (broad SMARTS) is 2. The number of anilines is 1. The summed E-state index contributed by atoms with van der Waals surface area (Å²) in [6.45, 7) is 2.89. The monoisotopic (exact) mass is 615 g/mol. The minimum atomic E-state index is -2.27. The normalized spacial score (nSPS) is 18.1. The van der Waals surface area contributed by atoms with Gasteiger partial charge in [0.25, 0.3) is 5.91 Å². The van der Waals surface area contributed by atoms with Crippen LogP contribution in [0.3, 0.4) is 0 Å². The van der Waals surface area contributed by atoms with Crippen LogP contribution in [0, 0.1) is 5.82 Å². The minimum absolute atomic E-state index is 0.139. The van der Waals surface area contributed by atoms with Gasteiger partial charge in [-0.1, -0.05) is 11.6 Å². The molecule has 0 aromatic heterocycles. The molecule has 1 amide bonds. The number of carbonyl (C=O) groups is 3. The average Bonchev–Trinajstić information content (AvgIpc) is 2.97. The van der Waals surface area contributed by atoms with Crippen molar-refractivity contribution in [3.8, 4) is 11.5 Å². The molecule has 13 nitrogen and oxygen atoms in total. The maximum atomic E-state index is 12.9. The van der Waals surface area contributed by atoms with Crippen molar-refractivity contribution >= 4 is 35.1 Å². The fraction of sp³-hybridized carbons (Fsp3) is 0.444. The highest BCUT2D eigenvalue weighted by molar-refractivity contribution is 6.33. The molecule has 0 spiro atoms. The summed E-state index contributed by atoms with van der Waals surface area (Å²) in [4.78, 5) is 34.7. The molecule has 1 aliphatic heterocycles. The van der Waals surface area contributed by atoms with E-state index in [1.165, 1.54) is 25.3 Å². The Morgan fingerprint density at radius 1 is 1.12 bits per heavy atom. The molecule has 3 rings (SSSR count). The zero-order chi connectivity index (χ0) is 31.4. The van der Waals surface area contributed by atoms with Gasteiger partial charge in [-0.2, -0.15) is 0 Å². The van der Waals surface area contributed by atoms with E-state index in [4.69, 9.17) is 52.0 Å². The molecule has 1 heterocycles. The highest BCUT2D eigenvalue weighted by Crippen LogP contribution is 2.29. The van der Waals surface area contributed by atoms with Crippen LogP contribution in [0.1, 0.15) is 23.2 Å². The highest BCUT2D eigenvalue weighted by Gasteiger charge is 2.31. The van der Waals surface area contributed by atoms with Crippen molar-refractivity contribution in [1.29, 1.82) is 0 Å². The number of nitrogen functional groups attached to an aromatic ring is 1. The quantitative estimate of drug-likeness (QED) is 0.148. The van der Waals surface area contributed by atoms with Crippen LogP contribution in [0.4, 0.5) is 10.1 Å². The standard InChI is InChI=1S/C23H29ClFN3O4.C4H6O6/c1-30-21-13-19(26)18(24)12-17(21)23(29)27-20-8-10-28(14-22(20)31-2)9-3-11-32-16-6-4-15(25)5-7-16;5-1(3(7)8)2(6)4(9)10/h4-7,12-13,20,22H,3,8-11,14,26H2,1-2H3,(H,27,29);1-2,5-6H,(H,7,8)(H,9,10)/t;1-,2-/m.1/s1. The van der Waals surface area contributed by atoms with E-state index in [0.29, 0.717) is 40.9 Å². The van der Waals surface area contributed by atoms with Crippen LogP contribution in [-0.4, -0.2) is 108 Å². The molecular formula is C27H35ClFN3O10. The molecule has 0 aliphatic carbocycles. The van der Waals surface area contributed by atoms with Gasteiger partial charge in [0.15, 0.2) is 12.2 Å². The summed E-state index contributed by atoms with van der Waals surface area (Å²) in [6.07, 6.45) is -3.11. The zero-order valence-electron chi connectivity index (χ0n) is 23.0. The average molecular weight is 616 g/mol. The van der Waals surface area contributed by atoms with E-state index in [9.17, 15) is 18.8 Å². The predicted octanol–water partition coefficient (Wildman–Crippen LogP) is 1.24. The molecule has 1 fully saturated rings. The van der Waals surface area contributed by atoms with Gasteiger partial charge in [0.1, 0.15) is 17.3 Å². The van der Waals surface area contributed by atoms with Crippen molar-refractivity contribution in [2.24, 2.45) is 0 Å². The number of rotatable bonds is 12. The molecule has 4 atom stereocenters. The van der Waals surface area contributed by atoms with E-state index >= 15 is 0 Å². The molecule has 1 aliphatic rings. The first kappa shape index (κ1) is 34.5. The van der Waals surface area contributed by atoms with Crippen molar-refractivity contribution in [2.75, 3.05) is 46.2 Å². The van der Waals surface area contributed by atoms with Gasteiger partial charge in [-0.15, -0.1) is 0 Å². The van der Waals surface area contributed by atoms with E-state index in [1.807, 2.05) is 0 Å². The second kappa shape index (κ2) is 16.7. The maximum absolute atomic E-state index is 12.9. The van der Waals surface area contributed by atoms with Crippen molar-refractivity contribution in [2.45, 2.75) is 37.2 Å². The summed E-state index contributed by atoms with van der Waals surface area (Å²) >= 11 is 6.09. The number of benzene rings is 2. The lowest BCUT2D eigenvalue weighted by molar-refractivity contribution is -0.165. The molecule has 232 valence electrons. The first-order chi connectivity index (χ1) is 19.9. The van der Waals surface area contributed by atoms with Gasteiger partial charge in [0, 0.05) is 32.8 Å². The molecule has 1 saturated heterocycles. The maximum Gasteiger partial charge on any atom is 0.335 e. The number of carbonyl (C=O) groups excluding carboxylic acids is 1. The number of aliphatic carboxylic acids is 2. The Balaban J connectivity index is 0.000000528. The number of amides is 1. The lowest BCUT2D eigenvalue weighted by Crippen LogP contribution is -2.55. The van der Waals surface area contributed by atoms with E-state index in [0.717, 1.165) is 25.9 Å². The molecule has 0 radical (unpaired) electrons. The van der Waals surface area contributed by atoms with Crippen LogP contribution >= 0.6 is 11.6 Å². The number of nitrogens with zero attached hydrogens (tertiary/aromatic N) is 1. The second-order valence-electron chi connectivity index (χ2n) is 9.24. The summed E-state index contributed by atoms with van der Waals surface area (Å²) in [7, 11) is 3.13. The van der Waals surface area contributed by atoms with Gasteiger partial charge >= 0.3 is 11.9 Å². The van der Waals surface area contributed by atoms with Crippen LogP contribution in [0.25, 0.3) is 0 Å². The van der Waals surface area contributed by atoms with Crippen LogP contribution < -0.4 is 20.5 Å². The third-order valence-corrected chi connectivity index (χ3v) is 6.66. The molecule has 2 aromatic rings. The van der Waals surface area contributed by atoms with Gasteiger partial charge in [-0.05, 0) is 43.2 Å². The lowest BCUT2D eigenvalue weighted by atomic mass is 10.0. The Kier molecular flexibility index (Phi) is 13.7. The summed E-state index contributed by atoms with van der Waals surface area (Å²) < 4.78 is 29.5. The number of methoxy groups -OCH3 is 2. The fourth-order valence-electron chi connectivity index (χ4n) is 4.03. The number of aliphatic hydroxyl groups is 2. The first-order valence-electron chi connectivity index (χ1n) is 12.8. The number of aliphatic hydroxyl groups excluding tert-OH is 2. The van der Waals surface area contributed by atoms with Gasteiger partial charge < -0.3 is 50.6 Å². The molecule has 7 N–H and O–H groups in total. The fourth-order valence-corrected chi connectivity index (χ4v) is 4.19. The van der Waals surface area contributed by atoms with Gasteiger partial charge in [0.2, 0.25) is 0 Å². The third-order valence-electron chi connectivity index (χ3n) is 6.33. The number of hydrogen-bond donors (Lipinski definition) is 6. The Hall–Kier alpha value is -3.69. The summed E-state index contributed by atoms with van der Waals surface area (Å²) in [5.41, 5.74) is 6.49. The highest BCUT2D eigenvalue weighted by atomic mass is 35.5. The molecule has 2 aromatic carbocycles. The number of nitrogens with one attached hydrogen (secondary N) is 1. The topological polar surface area (TPSA) is 201 Å².